The molecule has 1 N–H and O–H groups in total. The first kappa shape index (κ1) is 10.1. The number of hydrogen-bond donors (Lipinski definition) is 1. The van der Waals surface area contributed by atoms with E-state index in [0.29, 0.717) is 11.8 Å². The lowest BCUT2D eigenvalue weighted by atomic mass is 10.3. The van der Waals surface area contributed by atoms with E-state index in [1.165, 1.54) is 0 Å². The number of furan rings is 1. The van der Waals surface area contributed by atoms with Crippen molar-refractivity contribution >= 4 is 17.4 Å². The smallest absolute Gasteiger partial charge is 0.193 e. The third-order valence-corrected chi connectivity index (χ3v) is 2.16. The number of hydrogen-bond acceptors (Lipinski definition) is 3. The molecule has 4 heteroatoms. The summed E-state index contributed by atoms with van der Waals surface area (Å²) in [7, 11) is 0. The van der Waals surface area contributed by atoms with E-state index < -0.39 is 0 Å². The summed E-state index contributed by atoms with van der Waals surface area (Å²) in [4.78, 5) is 4.31. The molecule has 0 atom stereocenters. The van der Waals surface area contributed by atoms with Crippen LogP contribution in [0.1, 0.15) is 11.5 Å². The summed E-state index contributed by atoms with van der Waals surface area (Å²) >= 11 is 5.66. The van der Waals surface area contributed by atoms with E-state index in [1.54, 1.807) is 6.07 Å². The number of nitrogens with one attached hydrogen (secondary N) is 1. The highest BCUT2D eigenvalue weighted by molar-refractivity contribution is 6.28. The minimum atomic E-state index is 0.406. The zero-order chi connectivity index (χ0) is 10.7. The molecule has 0 radical (unpaired) electrons. The van der Waals surface area contributed by atoms with Gasteiger partial charge in [0.15, 0.2) is 5.22 Å². The fourth-order valence-electron chi connectivity index (χ4n) is 1.27. The maximum absolute atomic E-state index is 5.66. The van der Waals surface area contributed by atoms with Gasteiger partial charge in [-0.15, -0.1) is 0 Å². The van der Waals surface area contributed by atoms with E-state index >= 15 is 0 Å². The molecule has 0 bridgehead atoms. The fourth-order valence-corrected chi connectivity index (χ4v) is 1.43. The molecule has 2 aromatic heterocycles. The third-order valence-electron chi connectivity index (χ3n) is 1.96. The van der Waals surface area contributed by atoms with Gasteiger partial charge in [0.05, 0.1) is 6.54 Å². The van der Waals surface area contributed by atoms with Crippen LogP contribution in [0.15, 0.2) is 34.7 Å². The van der Waals surface area contributed by atoms with E-state index in [-0.39, 0.29) is 0 Å². The molecule has 15 heavy (non-hydrogen) atoms. The average molecular weight is 223 g/mol. The molecule has 3 nitrogen and oxygen atoms in total. The number of anilines is 1. The second-order valence-electron chi connectivity index (χ2n) is 3.22. The lowest BCUT2D eigenvalue weighted by Gasteiger charge is -2.03. The number of nitrogens with zero attached hydrogens (tertiary/aromatic N) is 1. The molecule has 2 aromatic rings. The first-order valence-corrected chi connectivity index (χ1v) is 5.03. The molecule has 2 rings (SSSR count). The van der Waals surface area contributed by atoms with Gasteiger partial charge >= 0.3 is 0 Å². The molecule has 0 aliphatic carbocycles. The number of aromatic nitrogens is 1. The summed E-state index contributed by atoms with van der Waals surface area (Å²) in [5, 5.41) is 3.56. The van der Waals surface area contributed by atoms with Gasteiger partial charge in [-0.05, 0) is 42.8 Å². The van der Waals surface area contributed by atoms with Crippen LogP contribution >= 0.6 is 11.6 Å². The zero-order valence-corrected chi connectivity index (χ0v) is 9.08. The van der Waals surface area contributed by atoms with Crippen LogP contribution in [-0.2, 0) is 6.54 Å². The van der Waals surface area contributed by atoms with Crippen LogP contribution in [-0.4, -0.2) is 4.98 Å². The summed E-state index contributed by atoms with van der Waals surface area (Å²) < 4.78 is 5.21. The van der Waals surface area contributed by atoms with E-state index in [2.05, 4.69) is 10.3 Å². The fraction of sp³-hybridized carbons (Fsp3) is 0.182. The summed E-state index contributed by atoms with van der Waals surface area (Å²) in [5.41, 5.74) is 0.984. The van der Waals surface area contributed by atoms with Gasteiger partial charge in [-0.25, -0.2) is 4.98 Å². The Labute approximate surface area is 93.1 Å². The largest absolute Gasteiger partial charge is 0.448 e. The molecule has 0 aromatic carbocycles. The molecular weight excluding hydrogens is 212 g/mol. The Balaban J connectivity index is 1.99. The van der Waals surface area contributed by atoms with E-state index in [9.17, 15) is 0 Å². The van der Waals surface area contributed by atoms with Gasteiger partial charge in [-0.3, -0.25) is 0 Å². The normalized spacial score (nSPS) is 10.3. The highest BCUT2D eigenvalue weighted by Crippen LogP contribution is 2.14. The summed E-state index contributed by atoms with van der Waals surface area (Å²) in [6, 6.07) is 9.39. The molecule has 0 spiro atoms. The van der Waals surface area contributed by atoms with E-state index in [4.69, 9.17) is 16.0 Å². The van der Waals surface area contributed by atoms with Gasteiger partial charge in [0.2, 0.25) is 0 Å². The van der Waals surface area contributed by atoms with Crippen molar-refractivity contribution < 1.29 is 4.42 Å². The van der Waals surface area contributed by atoms with Crippen LogP contribution in [0.25, 0.3) is 0 Å². The number of aryl methyl sites for hydroxylation is 1. The highest BCUT2D eigenvalue weighted by Gasteiger charge is 1.99. The van der Waals surface area contributed by atoms with E-state index in [1.807, 2.05) is 31.2 Å². The standard InChI is InChI=1S/C11H11ClN2O/c1-8-3-2-4-11(14-8)13-7-9-5-6-10(12)15-9/h2-6H,7H2,1H3,(H,13,14). The Kier molecular flexibility index (Phi) is 2.92. The molecule has 78 valence electrons. The van der Waals surface area contributed by atoms with Gasteiger partial charge in [-0.1, -0.05) is 6.07 Å². The molecule has 0 unspecified atom stereocenters. The Morgan fingerprint density at radius 1 is 1.33 bits per heavy atom. The average Bonchev–Trinajstić information content (AvgIpc) is 2.62. The van der Waals surface area contributed by atoms with Crippen molar-refractivity contribution in [1.29, 1.82) is 0 Å². The first-order chi connectivity index (χ1) is 7.24. The predicted octanol–water partition coefficient (Wildman–Crippen LogP) is 3.25. The molecule has 0 aliphatic heterocycles. The summed E-state index contributed by atoms with van der Waals surface area (Å²) in [6.45, 7) is 2.54. The molecule has 2 heterocycles. The first-order valence-electron chi connectivity index (χ1n) is 4.66. The lowest BCUT2D eigenvalue weighted by molar-refractivity contribution is 0.519. The molecule has 0 saturated heterocycles. The van der Waals surface area contributed by atoms with Gasteiger partial charge in [0.25, 0.3) is 0 Å². The quantitative estimate of drug-likeness (QED) is 0.867. The Hall–Kier alpha value is -1.48. The Bertz CT molecular complexity index is 453. The van der Waals surface area contributed by atoms with Crippen molar-refractivity contribution in [2.75, 3.05) is 5.32 Å². The van der Waals surface area contributed by atoms with Crippen LogP contribution < -0.4 is 5.32 Å². The minimum Gasteiger partial charge on any atom is -0.448 e. The summed E-state index contributed by atoms with van der Waals surface area (Å²) in [5.74, 6) is 1.63. The topological polar surface area (TPSA) is 38.1 Å². The van der Waals surface area contributed by atoms with Crippen LogP contribution in [0.4, 0.5) is 5.82 Å². The van der Waals surface area contributed by atoms with Gasteiger partial charge in [-0.2, -0.15) is 0 Å². The molecule has 0 aliphatic rings. The Morgan fingerprint density at radius 3 is 2.87 bits per heavy atom. The van der Waals surface area contributed by atoms with Crippen molar-refractivity contribution in [2.24, 2.45) is 0 Å². The van der Waals surface area contributed by atoms with Crippen LogP contribution in [0.3, 0.4) is 0 Å². The van der Waals surface area contributed by atoms with Crippen LogP contribution in [0.2, 0.25) is 5.22 Å². The van der Waals surface area contributed by atoms with Crippen molar-refractivity contribution in [2.45, 2.75) is 13.5 Å². The van der Waals surface area contributed by atoms with Crippen LogP contribution in [0.5, 0.6) is 0 Å². The van der Waals surface area contributed by atoms with Crippen molar-refractivity contribution in [3.05, 3.63) is 47.0 Å². The van der Waals surface area contributed by atoms with Gasteiger partial charge in [0, 0.05) is 5.69 Å². The van der Waals surface area contributed by atoms with Crippen molar-refractivity contribution in [3.8, 4) is 0 Å². The zero-order valence-electron chi connectivity index (χ0n) is 8.33. The Morgan fingerprint density at radius 2 is 2.20 bits per heavy atom. The SMILES string of the molecule is Cc1cccc(NCc2ccc(Cl)o2)n1. The van der Waals surface area contributed by atoms with Gasteiger partial charge < -0.3 is 9.73 Å². The molecule has 0 saturated carbocycles. The maximum Gasteiger partial charge on any atom is 0.193 e. The van der Waals surface area contributed by atoms with Gasteiger partial charge in [0.1, 0.15) is 11.6 Å². The van der Waals surface area contributed by atoms with E-state index in [0.717, 1.165) is 17.3 Å². The minimum absolute atomic E-state index is 0.406. The second kappa shape index (κ2) is 4.36. The summed E-state index contributed by atoms with van der Waals surface area (Å²) in [6.07, 6.45) is 0. The second-order valence-corrected chi connectivity index (χ2v) is 3.60. The molecular formula is C11H11ClN2O. The van der Waals surface area contributed by atoms with Crippen molar-refractivity contribution in [3.63, 3.8) is 0 Å². The monoisotopic (exact) mass is 222 g/mol. The molecule has 0 amide bonds. The third kappa shape index (κ3) is 2.73. The highest BCUT2D eigenvalue weighted by atomic mass is 35.5. The molecule has 0 fully saturated rings. The maximum atomic E-state index is 5.66. The number of pyridine rings is 1. The van der Waals surface area contributed by atoms with Crippen molar-refractivity contribution in [1.82, 2.24) is 4.98 Å². The number of halogens is 1. The lowest BCUT2D eigenvalue weighted by Crippen LogP contribution is -2.00. The number of rotatable bonds is 3. The van der Waals surface area contributed by atoms with Crippen LogP contribution in [0, 0.1) is 6.92 Å². The predicted molar refractivity (Wildman–Crippen MR) is 60.0 cm³/mol.